The number of hydrogen-bond donors (Lipinski definition) is 2. The number of hydrogen-bond acceptors (Lipinski definition) is 4. The van der Waals surface area contributed by atoms with Crippen molar-refractivity contribution in [1.82, 2.24) is 15.1 Å². The van der Waals surface area contributed by atoms with Crippen molar-refractivity contribution in [3.8, 4) is 0 Å². The summed E-state index contributed by atoms with van der Waals surface area (Å²) in [7, 11) is 0. The number of rotatable bonds is 5. The fourth-order valence-electron chi connectivity index (χ4n) is 2.31. The lowest BCUT2D eigenvalue weighted by Gasteiger charge is -2.27. The molecule has 0 radical (unpaired) electrons. The van der Waals surface area contributed by atoms with Crippen molar-refractivity contribution in [2.24, 2.45) is 0 Å². The van der Waals surface area contributed by atoms with Crippen LogP contribution in [-0.2, 0) is 4.79 Å². The van der Waals surface area contributed by atoms with Crippen LogP contribution in [0.1, 0.15) is 27.2 Å². The van der Waals surface area contributed by atoms with Crippen LogP contribution in [0.5, 0.6) is 0 Å². The molecule has 0 aromatic heterocycles. The normalized spacial score (nSPS) is 20.7. The van der Waals surface area contributed by atoms with E-state index in [0.29, 0.717) is 0 Å². The van der Waals surface area contributed by atoms with Gasteiger partial charge in [0.25, 0.3) is 0 Å². The van der Waals surface area contributed by atoms with Crippen molar-refractivity contribution < 1.29 is 9.90 Å². The Balaban J connectivity index is 2.44. The van der Waals surface area contributed by atoms with Crippen LogP contribution < -0.4 is 5.32 Å². The van der Waals surface area contributed by atoms with E-state index >= 15 is 0 Å². The Morgan fingerprint density at radius 3 is 2.56 bits per heavy atom. The third-order valence-electron chi connectivity index (χ3n) is 3.40. The molecule has 2 N–H and O–H groups in total. The minimum Gasteiger partial charge on any atom is -0.395 e. The van der Waals surface area contributed by atoms with E-state index in [0.717, 1.165) is 39.1 Å². The summed E-state index contributed by atoms with van der Waals surface area (Å²) in [6.45, 7) is 10.7. The van der Waals surface area contributed by atoms with Gasteiger partial charge in [0.05, 0.1) is 12.6 Å². The Labute approximate surface area is 110 Å². The minimum atomic E-state index is -0.0681. The smallest absolute Gasteiger partial charge is 0.237 e. The van der Waals surface area contributed by atoms with E-state index in [1.165, 1.54) is 0 Å². The average Bonchev–Trinajstić information content (AvgIpc) is 2.53. The molecule has 106 valence electrons. The summed E-state index contributed by atoms with van der Waals surface area (Å²) in [5.74, 6) is 0.112. The standard InChI is InChI=1S/C13H27N3O2/c1-11(2)14-13(18)12(3)16-6-4-5-15(7-8-16)9-10-17/h11-12,17H,4-10H2,1-3H3,(H,14,18). The summed E-state index contributed by atoms with van der Waals surface area (Å²) in [4.78, 5) is 16.5. The molecule has 0 aromatic carbocycles. The van der Waals surface area contributed by atoms with Crippen molar-refractivity contribution in [2.45, 2.75) is 39.3 Å². The van der Waals surface area contributed by atoms with E-state index in [1.54, 1.807) is 0 Å². The SMILES string of the molecule is CC(C)NC(=O)C(C)N1CCCN(CCO)CC1. The van der Waals surface area contributed by atoms with E-state index in [2.05, 4.69) is 15.1 Å². The molecule has 5 nitrogen and oxygen atoms in total. The highest BCUT2D eigenvalue weighted by Gasteiger charge is 2.23. The van der Waals surface area contributed by atoms with E-state index in [-0.39, 0.29) is 24.6 Å². The molecule has 1 heterocycles. The van der Waals surface area contributed by atoms with Crippen LogP contribution in [0.4, 0.5) is 0 Å². The van der Waals surface area contributed by atoms with Crippen LogP contribution >= 0.6 is 0 Å². The first-order chi connectivity index (χ1) is 8.54. The molecule has 0 aromatic rings. The van der Waals surface area contributed by atoms with Crippen LogP contribution in [-0.4, -0.2) is 72.2 Å². The molecule has 1 rings (SSSR count). The highest BCUT2D eigenvalue weighted by atomic mass is 16.3. The molecule has 1 saturated heterocycles. The second kappa shape index (κ2) is 7.71. The van der Waals surface area contributed by atoms with Gasteiger partial charge in [0.15, 0.2) is 0 Å². The molecule has 1 fully saturated rings. The number of nitrogens with one attached hydrogen (secondary N) is 1. The molecule has 1 atom stereocenters. The van der Waals surface area contributed by atoms with Gasteiger partial charge in [-0.1, -0.05) is 0 Å². The van der Waals surface area contributed by atoms with Gasteiger partial charge in [-0.15, -0.1) is 0 Å². The van der Waals surface area contributed by atoms with Crippen LogP contribution in [0.2, 0.25) is 0 Å². The molecule has 5 heteroatoms. The van der Waals surface area contributed by atoms with Gasteiger partial charge in [0, 0.05) is 32.2 Å². The van der Waals surface area contributed by atoms with Crippen LogP contribution in [0.25, 0.3) is 0 Å². The van der Waals surface area contributed by atoms with Gasteiger partial charge in [-0.05, 0) is 33.7 Å². The molecular weight excluding hydrogens is 230 g/mol. The van der Waals surface area contributed by atoms with Gasteiger partial charge in [-0.2, -0.15) is 0 Å². The Morgan fingerprint density at radius 2 is 1.94 bits per heavy atom. The number of aliphatic hydroxyl groups is 1. The van der Waals surface area contributed by atoms with E-state index in [4.69, 9.17) is 5.11 Å². The molecule has 0 aliphatic carbocycles. The lowest BCUT2D eigenvalue weighted by atomic mass is 10.2. The molecule has 1 aliphatic heterocycles. The zero-order valence-corrected chi connectivity index (χ0v) is 11.9. The summed E-state index contributed by atoms with van der Waals surface area (Å²) in [5, 5.41) is 11.9. The number of β-amino-alcohol motifs (C(OH)–C–C–N with tert-alkyl or cyclic N) is 1. The fourth-order valence-corrected chi connectivity index (χ4v) is 2.31. The number of carbonyl (C=O) groups is 1. The molecule has 1 aliphatic rings. The third-order valence-corrected chi connectivity index (χ3v) is 3.40. The summed E-state index contributed by atoms with van der Waals surface area (Å²) in [6.07, 6.45) is 1.05. The van der Waals surface area contributed by atoms with Crippen LogP contribution in [0.3, 0.4) is 0 Å². The third kappa shape index (κ3) is 4.92. The van der Waals surface area contributed by atoms with E-state index < -0.39 is 0 Å². The number of nitrogens with zero attached hydrogens (tertiary/aromatic N) is 2. The number of amides is 1. The summed E-state index contributed by atoms with van der Waals surface area (Å²) in [6, 6.07) is 0.124. The van der Waals surface area contributed by atoms with Crippen molar-refractivity contribution in [3.05, 3.63) is 0 Å². The topological polar surface area (TPSA) is 55.8 Å². The first kappa shape index (κ1) is 15.4. The lowest BCUT2D eigenvalue weighted by Crippen LogP contribution is -2.48. The zero-order valence-electron chi connectivity index (χ0n) is 11.9. The number of aliphatic hydroxyl groups excluding tert-OH is 1. The molecule has 1 amide bonds. The molecule has 0 saturated carbocycles. The molecule has 0 spiro atoms. The van der Waals surface area contributed by atoms with Crippen molar-refractivity contribution in [1.29, 1.82) is 0 Å². The number of carbonyl (C=O) groups excluding carboxylic acids is 1. The lowest BCUT2D eigenvalue weighted by molar-refractivity contribution is -0.126. The predicted molar refractivity (Wildman–Crippen MR) is 72.5 cm³/mol. The van der Waals surface area contributed by atoms with E-state index in [1.807, 2.05) is 20.8 Å². The largest absolute Gasteiger partial charge is 0.395 e. The quantitative estimate of drug-likeness (QED) is 0.722. The minimum absolute atomic E-state index is 0.0681. The zero-order chi connectivity index (χ0) is 13.5. The maximum atomic E-state index is 12.0. The Hall–Kier alpha value is -0.650. The van der Waals surface area contributed by atoms with Crippen molar-refractivity contribution >= 4 is 5.91 Å². The maximum Gasteiger partial charge on any atom is 0.237 e. The average molecular weight is 257 g/mol. The fraction of sp³-hybridized carbons (Fsp3) is 0.923. The monoisotopic (exact) mass is 257 g/mol. The van der Waals surface area contributed by atoms with Gasteiger partial charge in [-0.25, -0.2) is 0 Å². The molecule has 1 unspecified atom stereocenters. The summed E-state index contributed by atoms with van der Waals surface area (Å²) < 4.78 is 0. The molecular formula is C13H27N3O2. The van der Waals surface area contributed by atoms with Crippen LogP contribution in [0.15, 0.2) is 0 Å². The highest BCUT2D eigenvalue weighted by molar-refractivity contribution is 5.81. The predicted octanol–water partition coefficient (Wildman–Crippen LogP) is -0.100. The van der Waals surface area contributed by atoms with Gasteiger partial charge >= 0.3 is 0 Å². The van der Waals surface area contributed by atoms with Crippen LogP contribution in [0, 0.1) is 0 Å². The maximum absolute atomic E-state index is 12.0. The summed E-state index contributed by atoms with van der Waals surface area (Å²) in [5.41, 5.74) is 0. The van der Waals surface area contributed by atoms with Gasteiger partial charge in [-0.3, -0.25) is 14.6 Å². The van der Waals surface area contributed by atoms with Gasteiger partial charge in [0.2, 0.25) is 5.91 Å². The first-order valence-corrected chi connectivity index (χ1v) is 6.92. The molecule has 18 heavy (non-hydrogen) atoms. The van der Waals surface area contributed by atoms with Crippen molar-refractivity contribution in [2.75, 3.05) is 39.3 Å². The Morgan fingerprint density at radius 1 is 1.22 bits per heavy atom. The molecule has 0 bridgehead atoms. The van der Waals surface area contributed by atoms with E-state index in [9.17, 15) is 4.79 Å². The second-order valence-electron chi connectivity index (χ2n) is 5.29. The Bertz CT molecular complexity index is 259. The highest BCUT2D eigenvalue weighted by Crippen LogP contribution is 2.07. The van der Waals surface area contributed by atoms with Crippen molar-refractivity contribution in [3.63, 3.8) is 0 Å². The summed E-state index contributed by atoms with van der Waals surface area (Å²) >= 11 is 0. The first-order valence-electron chi connectivity index (χ1n) is 6.92. The van der Waals surface area contributed by atoms with Gasteiger partial charge < -0.3 is 10.4 Å². The Kier molecular flexibility index (Phi) is 6.60. The van der Waals surface area contributed by atoms with Gasteiger partial charge in [0.1, 0.15) is 0 Å². The second-order valence-corrected chi connectivity index (χ2v) is 5.29.